The van der Waals surface area contributed by atoms with E-state index in [1.54, 1.807) is 18.5 Å². The zero-order valence-electron chi connectivity index (χ0n) is 8.88. The number of H-pyrrole nitrogens is 1. The van der Waals surface area contributed by atoms with Gasteiger partial charge in [0.25, 0.3) is 0 Å². The first-order chi connectivity index (χ1) is 8.31. The molecule has 3 rings (SSSR count). The zero-order valence-corrected chi connectivity index (χ0v) is 8.88. The highest BCUT2D eigenvalue weighted by Crippen LogP contribution is 2.19. The molecule has 6 heteroatoms. The van der Waals surface area contributed by atoms with Crippen LogP contribution in [0.5, 0.6) is 0 Å². The number of anilines is 3. The van der Waals surface area contributed by atoms with Crippen LogP contribution in [0.3, 0.4) is 0 Å². The Labute approximate surface area is 96.9 Å². The van der Waals surface area contributed by atoms with Crippen LogP contribution < -0.4 is 11.1 Å². The summed E-state index contributed by atoms with van der Waals surface area (Å²) in [5, 5.41) is 11.0. The molecule has 0 aliphatic heterocycles. The van der Waals surface area contributed by atoms with Crippen LogP contribution in [0, 0.1) is 0 Å². The fourth-order valence-electron chi connectivity index (χ4n) is 1.58. The van der Waals surface area contributed by atoms with E-state index in [0.29, 0.717) is 11.8 Å². The monoisotopic (exact) mass is 226 g/mol. The topological polar surface area (TPSA) is 92.5 Å². The Bertz CT molecular complexity index is 660. The van der Waals surface area contributed by atoms with Gasteiger partial charge in [0.15, 0.2) is 0 Å². The van der Waals surface area contributed by atoms with E-state index >= 15 is 0 Å². The number of hydrogen-bond acceptors (Lipinski definition) is 5. The first kappa shape index (κ1) is 9.59. The number of nitrogens with zero attached hydrogens (tertiary/aromatic N) is 3. The standard InChI is InChI=1S/C11H10N6/c12-10-3-4-13-11(16-10)15-8-2-1-7-6-14-17-9(7)5-8/h1-6H,(H,14,17)(H3,12,13,15,16). The summed E-state index contributed by atoms with van der Waals surface area (Å²) in [7, 11) is 0. The van der Waals surface area contributed by atoms with Crippen molar-refractivity contribution >= 4 is 28.4 Å². The molecule has 0 aliphatic rings. The average Bonchev–Trinajstić information content (AvgIpc) is 2.76. The van der Waals surface area contributed by atoms with Gasteiger partial charge in [-0.15, -0.1) is 0 Å². The summed E-state index contributed by atoms with van der Waals surface area (Å²) in [6.45, 7) is 0. The summed E-state index contributed by atoms with van der Waals surface area (Å²) in [5.41, 5.74) is 7.42. The van der Waals surface area contributed by atoms with Crippen molar-refractivity contribution in [2.24, 2.45) is 0 Å². The molecule has 0 saturated heterocycles. The molecule has 0 atom stereocenters. The van der Waals surface area contributed by atoms with Gasteiger partial charge in [-0.2, -0.15) is 10.1 Å². The molecule has 3 aromatic rings. The number of rotatable bonds is 2. The van der Waals surface area contributed by atoms with E-state index in [4.69, 9.17) is 5.73 Å². The van der Waals surface area contributed by atoms with Gasteiger partial charge in [0.2, 0.25) is 5.95 Å². The lowest BCUT2D eigenvalue weighted by atomic mass is 10.2. The van der Waals surface area contributed by atoms with Crippen molar-refractivity contribution in [3.05, 3.63) is 36.7 Å². The van der Waals surface area contributed by atoms with Gasteiger partial charge in [0.1, 0.15) is 5.82 Å². The van der Waals surface area contributed by atoms with Crippen LogP contribution in [0.15, 0.2) is 36.7 Å². The number of benzene rings is 1. The van der Waals surface area contributed by atoms with Gasteiger partial charge in [0.05, 0.1) is 11.7 Å². The van der Waals surface area contributed by atoms with Crippen molar-refractivity contribution in [1.82, 2.24) is 20.2 Å². The molecule has 0 unspecified atom stereocenters. The largest absolute Gasteiger partial charge is 0.384 e. The van der Waals surface area contributed by atoms with Crippen LogP contribution in [0.4, 0.5) is 17.5 Å². The molecule has 0 radical (unpaired) electrons. The lowest BCUT2D eigenvalue weighted by Gasteiger charge is -2.04. The first-order valence-electron chi connectivity index (χ1n) is 5.10. The smallest absolute Gasteiger partial charge is 0.229 e. The van der Waals surface area contributed by atoms with Crippen molar-refractivity contribution in [1.29, 1.82) is 0 Å². The molecule has 2 aromatic heterocycles. The second-order valence-corrected chi connectivity index (χ2v) is 3.60. The highest BCUT2D eigenvalue weighted by Gasteiger charge is 2.00. The lowest BCUT2D eigenvalue weighted by Crippen LogP contribution is -1.99. The molecule has 84 valence electrons. The Morgan fingerprint density at radius 2 is 2.18 bits per heavy atom. The number of nitrogen functional groups attached to an aromatic ring is 1. The summed E-state index contributed by atoms with van der Waals surface area (Å²) in [6.07, 6.45) is 3.38. The van der Waals surface area contributed by atoms with Gasteiger partial charge in [-0.25, -0.2) is 4.98 Å². The molecule has 0 saturated carbocycles. The van der Waals surface area contributed by atoms with Crippen LogP contribution >= 0.6 is 0 Å². The number of hydrogen-bond donors (Lipinski definition) is 3. The number of aromatic amines is 1. The highest BCUT2D eigenvalue weighted by molar-refractivity contribution is 5.82. The second-order valence-electron chi connectivity index (χ2n) is 3.60. The second kappa shape index (κ2) is 3.75. The van der Waals surface area contributed by atoms with Gasteiger partial charge in [-0.3, -0.25) is 5.10 Å². The normalized spacial score (nSPS) is 10.6. The third-order valence-corrected chi connectivity index (χ3v) is 2.38. The van der Waals surface area contributed by atoms with E-state index in [1.165, 1.54) is 0 Å². The van der Waals surface area contributed by atoms with Crippen LogP contribution in [-0.4, -0.2) is 20.2 Å². The third kappa shape index (κ3) is 1.87. The average molecular weight is 226 g/mol. The van der Waals surface area contributed by atoms with E-state index in [-0.39, 0.29) is 0 Å². The van der Waals surface area contributed by atoms with Gasteiger partial charge in [-0.05, 0) is 24.3 Å². The molecular formula is C11H10N6. The molecule has 0 spiro atoms. The minimum atomic E-state index is 0.435. The van der Waals surface area contributed by atoms with Crippen molar-refractivity contribution in [2.45, 2.75) is 0 Å². The summed E-state index contributed by atoms with van der Waals surface area (Å²) in [4.78, 5) is 8.14. The molecule has 17 heavy (non-hydrogen) atoms. The zero-order chi connectivity index (χ0) is 11.7. The summed E-state index contributed by atoms with van der Waals surface area (Å²) < 4.78 is 0. The number of fused-ring (bicyclic) bond motifs is 1. The maximum atomic E-state index is 5.58. The Morgan fingerprint density at radius 3 is 3.06 bits per heavy atom. The van der Waals surface area contributed by atoms with Crippen LogP contribution in [0.25, 0.3) is 10.9 Å². The Kier molecular flexibility index (Phi) is 2.11. The van der Waals surface area contributed by atoms with Crippen LogP contribution in [-0.2, 0) is 0 Å². The van der Waals surface area contributed by atoms with Gasteiger partial charge in [-0.1, -0.05) is 0 Å². The Morgan fingerprint density at radius 1 is 1.24 bits per heavy atom. The molecular weight excluding hydrogens is 216 g/mol. The maximum absolute atomic E-state index is 5.58. The van der Waals surface area contributed by atoms with Crippen molar-refractivity contribution < 1.29 is 0 Å². The lowest BCUT2D eigenvalue weighted by molar-refractivity contribution is 1.12. The number of nitrogens with one attached hydrogen (secondary N) is 2. The van der Waals surface area contributed by atoms with Gasteiger partial charge < -0.3 is 11.1 Å². The predicted molar refractivity (Wildman–Crippen MR) is 65.8 cm³/mol. The van der Waals surface area contributed by atoms with E-state index in [2.05, 4.69) is 25.5 Å². The fourth-order valence-corrected chi connectivity index (χ4v) is 1.58. The number of nitrogens with two attached hydrogens (primary N) is 1. The molecule has 6 nitrogen and oxygen atoms in total. The van der Waals surface area contributed by atoms with E-state index in [1.807, 2.05) is 18.2 Å². The summed E-state index contributed by atoms with van der Waals surface area (Å²) >= 11 is 0. The molecule has 1 aromatic carbocycles. The summed E-state index contributed by atoms with van der Waals surface area (Å²) in [5.74, 6) is 0.911. The van der Waals surface area contributed by atoms with Crippen LogP contribution in [0.2, 0.25) is 0 Å². The molecule has 0 bridgehead atoms. The van der Waals surface area contributed by atoms with E-state index in [9.17, 15) is 0 Å². The van der Waals surface area contributed by atoms with E-state index in [0.717, 1.165) is 16.6 Å². The van der Waals surface area contributed by atoms with Crippen molar-refractivity contribution in [3.63, 3.8) is 0 Å². The quantitative estimate of drug-likeness (QED) is 0.618. The first-order valence-corrected chi connectivity index (χ1v) is 5.10. The minimum absolute atomic E-state index is 0.435. The van der Waals surface area contributed by atoms with E-state index < -0.39 is 0 Å². The SMILES string of the molecule is Nc1ccnc(Nc2ccc3cn[nH]c3c2)n1. The summed E-state index contributed by atoms with van der Waals surface area (Å²) in [6, 6.07) is 7.48. The third-order valence-electron chi connectivity index (χ3n) is 2.38. The molecule has 0 amide bonds. The maximum Gasteiger partial charge on any atom is 0.229 e. The molecule has 0 aliphatic carbocycles. The highest BCUT2D eigenvalue weighted by atomic mass is 15.1. The molecule has 2 heterocycles. The fraction of sp³-hybridized carbons (Fsp3) is 0. The number of aromatic nitrogens is 4. The minimum Gasteiger partial charge on any atom is -0.384 e. The van der Waals surface area contributed by atoms with Gasteiger partial charge >= 0.3 is 0 Å². The molecule has 0 fully saturated rings. The Hall–Kier alpha value is -2.63. The van der Waals surface area contributed by atoms with Crippen molar-refractivity contribution in [3.8, 4) is 0 Å². The predicted octanol–water partition coefficient (Wildman–Crippen LogP) is 1.68. The van der Waals surface area contributed by atoms with Crippen molar-refractivity contribution in [2.75, 3.05) is 11.1 Å². The van der Waals surface area contributed by atoms with Gasteiger partial charge in [0, 0.05) is 17.3 Å². The Balaban J connectivity index is 1.94. The molecule has 4 N–H and O–H groups in total. The van der Waals surface area contributed by atoms with Crippen LogP contribution in [0.1, 0.15) is 0 Å².